The van der Waals surface area contributed by atoms with E-state index in [2.05, 4.69) is 17.0 Å². The van der Waals surface area contributed by atoms with Crippen LogP contribution in [0.5, 0.6) is 0 Å². The summed E-state index contributed by atoms with van der Waals surface area (Å²) in [6, 6.07) is 1.20. The Morgan fingerprint density at radius 1 is 1.33 bits per heavy atom. The molecule has 4 heteroatoms. The Bertz CT molecular complexity index is 291. The number of likely N-dealkylation sites (tertiary alicyclic amines) is 1. The lowest BCUT2D eigenvalue weighted by Crippen LogP contribution is -2.52. The van der Waals surface area contributed by atoms with E-state index >= 15 is 0 Å². The smallest absolute Gasteiger partial charge is 0.140 e. The molecule has 0 aromatic carbocycles. The fourth-order valence-electron chi connectivity index (χ4n) is 3.89. The molecule has 3 atom stereocenters. The Labute approximate surface area is 110 Å². The molecule has 1 unspecified atom stereocenters. The fourth-order valence-corrected chi connectivity index (χ4v) is 3.89. The van der Waals surface area contributed by atoms with Crippen molar-refractivity contribution in [1.82, 2.24) is 4.90 Å². The van der Waals surface area contributed by atoms with E-state index in [1.165, 1.54) is 45.1 Å². The zero-order chi connectivity index (χ0) is 13.0. The minimum absolute atomic E-state index is 0.375. The quantitative estimate of drug-likeness (QED) is 0.350. The number of hydrogen-bond donors (Lipinski definition) is 2. The minimum atomic E-state index is 0.375. The zero-order valence-electron chi connectivity index (χ0n) is 11.5. The van der Waals surface area contributed by atoms with Crippen LogP contribution >= 0.6 is 0 Å². The van der Waals surface area contributed by atoms with Crippen LogP contribution in [0.25, 0.3) is 0 Å². The number of amidine groups is 1. The summed E-state index contributed by atoms with van der Waals surface area (Å²) in [6.07, 6.45) is 10.0. The van der Waals surface area contributed by atoms with Crippen molar-refractivity contribution in [2.24, 2.45) is 16.8 Å². The van der Waals surface area contributed by atoms with E-state index in [1.54, 1.807) is 0 Å². The summed E-state index contributed by atoms with van der Waals surface area (Å²) in [7, 11) is 0. The molecule has 1 heterocycles. The highest BCUT2D eigenvalue weighted by atomic mass is 16.4. The van der Waals surface area contributed by atoms with E-state index in [9.17, 15) is 0 Å². The van der Waals surface area contributed by atoms with Crippen molar-refractivity contribution >= 4 is 5.84 Å². The van der Waals surface area contributed by atoms with Crippen LogP contribution in [0.1, 0.15) is 58.3 Å². The number of fused-ring (bicyclic) bond motifs is 1. The summed E-state index contributed by atoms with van der Waals surface area (Å²) in [4.78, 5) is 2.66. The summed E-state index contributed by atoms with van der Waals surface area (Å²) < 4.78 is 0. The number of rotatable bonds is 4. The molecule has 1 aliphatic carbocycles. The van der Waals surface area contributed by atoms with Gasteiger partial charge in [0.1, 0.15) is 5.84 Å². The number of hydrogen-bond acceptors (Lipinski definition) is 3. The maximum Gasteiger partial charge on any atom is 0.140 e. The van der Waals surface area contributed by atoms with E-state index in [0.29, 0.717) is 18.3 Å². The Morgan fingerprint density at radius 3 is 2.78 bits per heavy atom. The first-order chi connectivity index (χ1) is 8.76. The van der Waals surface area contributed by atoms with E-state index in [-0.39, 0.29) is 0 Å². The summed E-state index contributed by atoms with van der Waals surface area (Å²) in [5, 5.41) is 11.9. The molecule has 3 N–H and O–H groups in total. The van der Waals surface area contributed by atoms with Gasteiger partial charge in [-0.15, -0.1) is 0 Å². The molecule has 2 fully saturated rings. The second-order valence-corrected chi connectivity index (χ2v) is 5.85. The van der Waals surface area contributed by atoms with Crippen LogP contribution in [-0.2, 0) is 0 Å². The number of nitrogens with zero attached hydrogens (tertiary/aromatic N) is 2. The number of piperidine rings is 1. The maximum atomic E-state index is 8.75. The zero-order valence-corrected chi connectivity index (χ0v) is 11.5. The van der Waals surface area contributed by atoms with E-state index in [0.717, 1.165) is 18.4 Å². The van der Waals surface area contributed by atoms with Gasteiger partial charge in [-0.2, -0.15) is 0 Å². The van der Waals surface area contributed by atoms with Crippen molar-refractivity contribution in [2.75, 3.05) is 6.54 Å². The van der Waals surface area contributed by atoms with Crippen molar-refractivity contribution in [1.29, 1.82) is 0 Å². The van der Waals surface area contributed by atoms with Gasteiger partial charge in [-0.25, -0.2) is 0 Å². The molecule has 0 amide bonds. The first-order valence-corrected chi connectivity index (χ1v) is 7.48. The monoisotopic (exact) mass is 253 g/mol. The highest BCUT2D eigenvalue weighted by Crippen LogP contribution is 2.37. The van der Waals surface area contributed by atoms with Gasteiger partial charge >= 0.3 is 0 Å². The fraction of sp³-hybridized carbons (Fsp3) is 0.929. The molecule has 1 saturated heterocycles. The van der Waals surface area contributed by atoms with Gasteiger partial charge in [0.2, 0.25) is 0 Å². The Morgan fingerprint density at radius 2 is 2.06 bits per heavy atom. The molecule has 0 spiro atoms. The Hall–Kier alpha value is -0.770. The first kappa shape index (κ1) is 13.7. The SMILES string of the molecule is CCC(CC(N)=NO)N1CCC[C@H]2CCCC[C@H]21. The molecule has 0 bridgehead atoms. The first-order valence-electron chi connectivity index (χ1n) is 7.48. The normalized spacial score (nSPS) is 31.9. The molecule has 0 aromatic rings. The molecule has 0 radical (unpaired) electrons. The average Bonchev–Trinajstić information content (AvgIpc) is 2.44. The Balaban J connectivity index is 2.03. The predicted octanol–water partition coefficient (Wildman–Crippen LogP) is 2.56. The van der Waals surface area contributed by atoms with Crippen molar-refractivity contribution in [3.8, 4) is 0 Å². The van der Waals surface area contributed by atoms with Gasteiger partial charge in [0.05, 0.1) is 0 Å². The van der Waals surface area contributed by atoms with Gasteiger partial charge in [-0.1, -0.05) is 24.9 Å². The molecule has 18 heavy (non-hydrogen) atoms. The third kappa shape index (κ3) is 2.97. The highest BCUT2D eigenvalue weighted by Gasteiger charge is 2.36. The second-order valence-electron chi connectivity index (χ2n) is 5.85. The molecule has 1 aliphatic heterocycles. The van der Waals surface area contributed by atoms with Crippen LogP contribution in [-0.4, -0.2) is 34.6 Å². The standard InChI is InChI=1S/C14H27N3O/c1-2-12(10-14(15)16-18)17-9-5-7-11-6-3-4-8-13(11)17/h11-13,18H,2-10H2,1H3,(H2,15,16)/t11-,12?,13-/m1/s1. The van der Waals surface area contributed by atoms with Gasteiger partial charge in [0.25, 0.3) is 0 Å². The van der Waals surface area contributed by atoms with E-state index < -0.39 is 0 Å². The molecule has 2 rings (SSSR count). The minimum Gasteiger partial charge on any atom is -0.409 e. The van der Waals surface area contributed by atoms with Gasteiger partial charge < -0.3 is 10.9 Å². The average molecular weight is 253 g/mol. The third-order valence-electron chi connectivity index (χ3n) is 4.80. The van der Waals surface area contributed by atoms with Crippen LogP contribution in [0.15, 0.2) is 5.16 Å². The van der Waals surface area contributed by atoms with Gasteiger partial charge in [-0.3, -0.25) is 4.90 Å². The topological polar surface area (TPSA) is 61.9 Å². The van der Waals surface area contributed by atoms with Crippen LogP contribution in [0.2, 0.25) is 0 Å². The lowest BCUT2D eigenvalue weighted by atomic mass is 9.77. The van der Waals surface area contributed by atoms with Crippen molar-refractivity contribution in [3.63, 3.8) is 0 Å². The van der Waals surface area contributed by atoms with Crippen molar-refractivity contribution in [3.05, 3.63) is 0 Å². The van der Waals surface area contributed by atoms with Crippen LogP contribution in [0.4, 0.5) is 0 Å². The van der Waals surface area contributed by atoms with E-state index in [1.807, 2.05) is 0 Å². The molecule has 4 nitrogen and oxygen atoms in total. The molecule has 2 aliphatic rings. The summed E-state index contributed by atoms with van der Waals surface area (Å²) >= 11 is 0. The largest absolute Gasteiger partial charge is 0.409 e. The summed E-state index contributed by atoms with van der Waals surface area (Å²) in [6.45, 7) is 3.40. The van der Waals surface area contributed by atoms with Crippen LogP contribution in [0, 0.1) is 5.92 Å². The summed E-state index contributed by atoms with van der Waals surface area (Å²) in [5.41, 5.74) is 5.70. The molecular formula is C14H27N3O. The van der Waals surface area contributed by atoms with Gasteiger partial charge in [0.15, 0.2) is 0 Å². The number of oxime groups is 1. The molecule has 1 saturated carbocycles. The highest BCUT2D eigenvalue weighted by molar-refractivity contribution is 5.80. The lowest BCUT2D eigenvalue weighted by Gasteiger charge is -2.47. The van der Waals surface area contributed by atoms with Gasteiger partial charge in [-0.05, 0) is 44.6 Å². The summed E-state index contributed by atoms with van der Waals surface area (Å²) in [5.74, 6) is 1.27. The maximum absolute atomic E-state index is 8.75. The van der Waals surface area contributed by atoms with Crippen LogP contribution in [0.3, 0.4) is 0 Å². The van der Waals surface area contributed by atoms with Gasteiger partial charge in [0, 0.05) is 18.5 Å². The van der Waals surface area contributed by atoms with Crippen molar-refractivity contribution in [2.45, 2.75) is 70.4 Å². The van der Waals surface area contributed by atoms with Crippen molar-refractivity contribution < 1.29 is 5.21 Å². The lowest BCUT2D eigenvalue weighted by molar-refractivity contribution is 0.0262. The molecular weight excluding hydrogens is 226 g/mol. The Kier molecular flexibility index (Phi) is 4.87. The number of nitrogens with two attached hydrogens (primary N) is 1. The van der Waals surface area contributed by atoms with E-state index in [4.69, 9.17) is 10.9 Å². The molecule has 0 aromatic heterocycles. The third-order valence-corrected chi connectivity index (χ3v) is 4.80. The predicted molar refractivity (Wildman–Crippen MR) is 73.8 cm³/mol. The molecule has 104 valence electrons. The van der Waals surface area contributed by atoms with Crippen LogP contribution < -0.4 is 5.73 Å². The second kappa shape index (κ2) is 6.41.